The van der Waals surface area contributed by atoms with E-state index < -0.39 is 0 Å². The molecule has 218 valence electrons. The van der Waals surface area contributed by atoms with Crippen molar-refractivity contribution in [2.75, 3.05) is 0 Å². The number of aromatic nitrogens is 2. The Kier molecular flexibility index (Phi) is 6.19. The summed E-state index contributed by atoms with van der Waals surface area (Å²) in [6, 6.07) is 53.6. The maximum absolute atomic E-state index is 7.77. The van der Waals surface area contributed by atoms with Crippen molar-refractivity contribution in [1.82, 2.24) is 9.55 Å². The van der Waals surface area contributed by atoms with E-state index in [1.54, 1.807) is 0 Å². The van der Waals surface area contributed by atoms with Crippen LogP contribution >= 0.6 is 0 Å². The first-order valence-electron chi connectivity index (χ1n) is 15.7. The maximum Gasteiger partial charge on any atom is 0.188 e. The largest absolute Gasteiger partial charge is 0.309 e. The van der Waals surface area contributed by atoms with Gasteiger partial charge < -0.3 is 4.57 Å². The molecule has 0 unspecified atom stereocenters. The summed E-state index contributed by atoms with van der Waals surface area (Å²) < 4.78 is 2.32. The molecular weight excluding hydrogens is 571 g/mol. The average Bonchev–Trinajstić information content (AvgIpc) is 3.47. The van der Waals surface area contributed by atoms with Crippen LogP contribution in [0.5, 0.6) is 0 Å². The average molecular weight is 598 g/mol. The first-order chi connectivity index (χ1) is 23.3. The number of hydrogen-bond acceptors (Lipinski definition) is 1. The number of pyridine rings is 1. The van der Waals surface area contributed by atoms with Crippen molar-refractivity contribution in [2.45, 2.75) is 0 Å². The van der Waals surface area contributed by atoms with Gasteiger partial charge in [-0.3, -0.25) is 4.98 Å². The highest BCUT2D eigenvalue weighted by atomic mass is 15.0. The standard InChI is InChI=1S/C44H27N3/c1-45-33-20-24-42-40(27-33)39-26-31(19-23-41(39)47(42)34-21-17-30(18-22-34)29-10-3-2-4-11-29)43-35-13-5-7-15-37(35)44(32-12-9-25-46-28-32)38-16-8-6-14-36(38)43/h2-28H. The molecule has 0 aliphatic rings. The van der Waals surface area contributed by atoms with E-state index in [2.05, 4.69) is 142 Å². The molecule has 0 N–H and O–H groups in total. The van der Waals surface area contributed by atoms with Gasteiger partial charge >= 0.3 is 0 Å². The molecule has 0 saturated carbocycles. The van der Waals surface area contributed by atoms with Crippen LogP contribution in [-0.2, 0) is 0 Å². The van der Waals surface area contributed by atoms with Crippen molar-refractivity contribution < 1.29 is 0 Å². The van der Waals surface area contributed by atoms with Crippen LogP contribution in [0.25, 0.3) is 87.3 Å². The summed E-state index contributed by atoms with van der Waals surface area (Å²) in [6.45, 7) is 7.77. The van der Waals surface area contributed by atoms with E-state index in [-0.39, 0.29) is 0 Å². The maximum atomic E-state index is 7.77. The quantitative estimate of drug-likeness (QED) is 0.146. The molecule has 0 bridgehead atoms. The topological polar surface area (TPSA) is 22.2 Å². The molecule has 0 saturated heterocycles. The molecule has 2 aromatic heterocycles. The number of benzene rings is 7. The van der Waals surface area contributed by atoms with Gasteiger partial charge in [0, 0.05) is 29.0 Å². The third-order valence-corrected chi connectivity index (χ3v) is 9.28. The van der Waals surface area contributed by atoms with Gasteiger partial charge in [0.2, 0.25) is 0 Å². The first-order valence-corrected chi connectivity index (χ1v) is 15.7. The molecule has 0 radical (unpaired) electrons. The summed E-state index contributed by atoms with van der Waals surface area (Å²) in [6.07, 6.45) is 3.78. The van der Waals surface area contributed by atoms with Gasteiger partial charge in [-0.05, 0) is 97.2 Å². The Bertz CT molecular complexity index is 2610. The fourth-order valence-corrected chi connectivity index (χ4v) is 7.21. The van der Waals surface area contributed by atoms with Gasteiger partial charge in [-0.25, -0.2) is 4.85 Å². The summed E-state index contributed by atoms with van der Waals surface area (Å²) in [5, 5.41) is 7.00. The van der Waals surface area contributed by atoms with E-state index in [0.29, 0.717) is 5.69 Å². The Labute approximate surface area is 272 Å². The molecule has 2 heterocycles. The molecule has 0 aliphatic heterocycles. The SMILES string of the molecule is [C-]#[N+]c1ccc2c(c1)c1cc(-c3c4ccccc4c(-c4cccnc4)c4ccccc34)ccc1n2-c1ccc(-c2ccccc2)cc1. The monoisotopic (exact) mass is 597 g/mol. The Morgan fingerprint density at radius 1 is 0.447 bits per heavy atom. The molecule has 9 rings (SSSR count). The molecule has 0 spiro atoms. The van der Waals surface area contributed by atoms with E-state index in [0.717, 1.165) is 38.6 Å². The highest BCUT2D eigenvalue weighted by Crippen LogP contribution is 2.45. The second kappa shape index (κ2) is 10.8. The number of hydrogen-bond donors (Lipinski definition) is 0. The van der Waals surface area contributed by atoms with E-state index in [1.807, 2.05) is 36.7 Å². The Balaban J connectivity index is 1.31. The molecule has 0 aliphatic carbocycles. The molecule has 0 atom stereocenters. The molecule has 9 aromatic rings. The van der Waals surface area contributed by atoms with Gasteiger partial charge in [-0.2, -0.15) is 0 Å². The zero-order valence-corrected chi connectivity index (χ0v) is 25.4. The Hall–Kier alpha value is -6.50. The van der Waals surface area contributed by atoms with Crippen LogP contribution in [0, 0.1) is 6.57 Å². The first kappa shape index (κ1) is 26.9. The van der Waals surface area contributed by atoms with Crippen LogP contribution in [0.2, 0.25) is 0 Å². The van der Waals surface area contributed by atoms with Crippen molar-refractivity contribution >= 4 is 49.0 Å². The molecule has 47 heavy (non-hydrogen) atoms. The van der Waals surface area contributed by atoms with Crippen molar-refractivity contribution in [1.29, 1.82) is 0 Å². The zero-order chi connectivity index (χ0) is 31.3. The van der Waals surface area contributed by atoms with Crippen molar-refractivity contribution in [3.05, 3.63) is 175 Å². The lowest BCUT2D eigenvalue weighted by molar-refractivity contribution is 1.18. The predicted molar refractivity (Wildman–Crippen MR) is 196 cm³/mol. The second-order valence-electron chi connectivity index (χ2n) is 11.9. The highest BCUT2D eigenvalue weighted by Gasteiger charge is 2.19. The summed E-state index contributed by atoms with van der Waals surface area (Å²) in [7, 11) is 0. The van der Waals surface area contributed by atoms with Gasteiger partial charge in [0.15, 0.2) is 5.69 Å². The smallest absolute Gasteiger partial charge is 0.188 e. The van der Waals surface area contributed by atoms with Crippen LogP contribution in [0.15, 0.2) is 164 Å². The molecular formula is C44H27N3. The zero-order valence-electron chi connectivity index (χ0n) is 25.4. The van der Waals surface area contributed by atoms with Gasteiger partial charge in [0.05, 0.1) is 17.6 Å². The molecule has 0 fully saturated rings. The van der Waals surface area contributed by atoms with Crippen LogP contribution in [0.4, 0.5) is 5.69 Å². The van der Waals surface area contributed by atoms with E-state index in [1.165, 1.54) is 43.8 Å². The minimum absolute atomic E-state index is 0.637. The normalized spacial score (nSPS) is 11.4. The Morgan fingerprint density at radius 2 is 0.979 bits per heavy atom. The fourth-order valence-electron chi connectivity index (χ4n) is 7.21. The highest BCUT2D eigenvalue weighted by molar-refractivity contribution is 6.22. The number of fused-ring (bicyclic) bond motifs is 5. The van der Waals surface area contributed by atoms with E-state index in [4.69, 9.17) is 6.57 Å². The summed E-state index contributed by atoms with van der Waals surface area (Å²) >= 11 is 0. The third kappa shape index (κ3) is 4.31. The van der Waals surface area contributed by atoms with Crippen molar-refractivity contribution in [3.63, 3.8) is 0 Å². The Morgan fingerprint density at radius 3 is 1.60 bits per heavy atom. The predicted octanol–water partition coefficient (Wildman–Crippen LogP) is 12.0. The minimum atomic E-state index is 0.637. The molecule has 3 nitrogen and oxygen atoms in total. The molecule has 7 aromatic carbocycles. The minimum Gasteiger partial charge on any atom is -0.309 e. The van der Waals surface area contributed by atoms with Crippen LogP contribution in [0.3, 0.4) is 0 Å². The fraction of sp³-hybridized carbons (Fsp3) is 0. The van der Waals surface area contributed by atoms with Gasteiger partial charge in [-0.1, -0.05) is 109 Å². The third-order valence-electron chi connectivity index (χ3n) is 9.28. The van der Waals surface area contributed by atoms with Crippen LogP contribution in [-0.4, -0.2) is 9.55 Å². The second-order valence-corrected chi connectivity index (χ2v) is 11.9. The van der Waals surface area contributed by atoms with Crippen LogP contribution in [0.1, 0.15) is 0 Å². The summed E-state index contributed by atoms with van der Waals surface area (Å²) in [5.74, 6) is 0. The lowest BCUT2D eigenvalue weighted by Crippen LogP contribution is -1.94. The van der Waals surface area contributed by atoms with Crippen molar-refractivity contribution in [3.8, 4) is 39.1 Å². The lowest BCUT2D eigenvalue weighted by atomic mass is 9.86. The number of rotatable bonds is 4. The summed E-state index contributed by atoms with van der Waals surface area (Å²) in [5.41, 5.74) is 11.0. The van der Waals surface area contributed by atoms with Crippen LogP contribution < -0.4 is 0 Å². The van der Waals surface area contributed by atoms with Crippen molar-refractivity contribution in [2.24, 2.45) is 0 Å². The van der Waals surface area contributed by atoms with Gasteiger partial charge in [0.1, 0.15) is 0 Å². The molecule has 0 amide bonds. The van der Waals surface area contributed by atoms with Gasteiger partial charge in [0.25, 0.3) is 0 Å². The van der Waals surface area contributed by atoms with E-state index in [9.17, 15) is 0 Å². The van der Waals surface area contributed by atoms with E-state index >= 15 is 0 Å². The number of nitrogens with zero attached hydrogens (tertiary/aromatic N) is 3. The van der Waals surface area contributed by atoms with Gasteiger partial charge in [-0.15, -0.1) is 0 Å². The summed E-state index contributed by atoms with van der Waals surface area (Å²) in [4.78, 5) is 8.25. The molecule has 3 heteroatoms. The lowest BCUT2D eigenvalue weighted by Gasteiger charge is -2.17.